The van der Waals surface area contributed by atoms with Gasteiger partial charge in [-0.3, -0.25) is 14.4 Å². The highest BCUT2D eigenvalue weighted by molar-refractivity contribution is 6.06. The molecule has 0 unspecified atom stereocenters. The standard InChI is InChI=1S/C11H16N2O4/c1-10(2)7(14)12-5-6-13(10)8(15)11(3-4-11)9(16)17/h3-6H2,1-2H3,(H,12,14)(H,16,17). The molecule has 2 N–H and O–H groups in total. The normalized spacial score (nSPS) is 25.1. The van der Waals surface area contributed by atoms with E-state index in [9.17, 15) is 14.4 Å². The van der Waals surface area contributed by atoms with Crippen molar-refractivity contribution in [2.75, 3.05) is 13.1 Å². The third kappa shape index (κ3) is 1.59. The van der Waals surface area contributed by atoms with Crippen LogP contribution in [0.5, 0.6) is 0 Å². The minimum Gasteiger partial charge on any atom is -0.480 e. The van der Waals surface area contributed by atoms with Crippen LogP contribution in [-0.4, -0.2) is 46.4 Å². The van der Waals surface area contributed by atoms with Crippen molar-refractivity contribution in [2.45, 2.75) is 32.2 Å². The number of nitrogens with zero attached hydrogens (tertiary/aromatic N) is 1. The molecule has 0 atom stereocenters. The Morgan fingerprint density at radius 3 is 2.41 bits per heavy atom. The maximum Gasteiger partial charge on any atom is 0.319 e. The molecule has 94 valence electrons. The topological polar surface area (TPSA) is 86.7 Å². The number of hydrogen-bond donors (Lipinski definition) is 2. The van der Waals surface area contributed by atoms with E-state index in [-0.39, 0.29) is 5.91 Å². The average Bonchev–Trinajstić information content (AvgIpc) is 3.02. The second kappa shape index (κ2) is 3.45. The molecule has 0 radical (unpaired) electrons. The van der Waals surface area contributed by atoms with Crippen molar-refractivity contribution in [2.24, 2.45) is 5.41 Å². The molecular weight excluding hydrogens is 224 g/mol. The van der Waals surface area contributed by atoms with Gasteiger partial charge in [-0.05, 0) is 26.7 Å². The number of aliphatic carboxylic acids is 1. The van der Waals surface area contributed by atoms with Crippen LogP contribution in [0.3, 0.4) is 0 Å². The van der Waals surface area contributed by atoms with Gasteiger partial charge in [0.15, 0.2) is 0 Å². The molecule has 1 saturated heterocycles. The van der Waals surface area contributed by atoms with E-state index in [1.54, 1.807) is 13.8 Å². The van der Waals surface area contributed by atoms with E-state index in [0.717, 1.165) is 0 Å². The van der Waals surface area contributed by atoms with Crippen molar-refractivity contribution in [1.82, 2.24) is 10.2 Å². The zero-order valence-electron chi connectivity index (χ0n) is 9.95. The lowest BCUT2D eigenvalue weighted by molar-refractivity contribution is -0.161. The Bertz CT molecular complexity index is 398. The van der Waals surface area contributed by atoms with E-state index in [1.807, 2.05) is 0 Å². The molecule has 2 rings (SSSR count). The molecule has 0 aromatic heterocycles. The summed E-state index contributed by atoms with van der Waals surface area (Å²) in [5.41, 5.74) is -2.24. The van der Waals surface area contributed by atoms with Crippen LogP contribution in [0.2, 0.25) is 0 Å². The van der Waals surface area contributed by atoms with Gasteiger partial charge in [-0.15, -0.1) is 0 Å². The number of rotatable bonds is 2. The van der Waals surface area contributed by atoms with E-state index in [0.29, 0.717) is 25.9 Å². The molecule has 2 fully saturated rings. The number of carbonyl (C=O) groups is 3. The Balaban J connectivity index is 2.25. The minimum atomic E-state index is -1.27. The summed E-state index contributed by atoms with van der Waals surface area (Å²) in [4.78, 5) is 36.5. The van der Waals surface area contributed by atoms with Crippen LogP contribution in [0.15, 0.2) is 0 Å². The molecule has 2 amide bonds. The summed E-state index contributed by atoms with van der Waals surface area (Å²) >= 11 is 0. The SMILES string of the molecule is CC1(C)C(=O)NCCN1C(=O)C1(C(=O)O)CC1. The van der Waals surface area contributed by atoms with Crippen LogP contribution < -0.4 is 5.32 Å². The van der Waals surface area contributed by atoms with Crippen LogP contribution in [0.1, 0.15) is 26.7 Å². The highest BCUT2D eigenvalue weighted by Gasteiger charge is 2.61. The number of carboxylic acid groups (broad SMARTS) is 1. The maximum atomic E-state index is 12.3. The van der Waals surface area contributed by atoms with Gasteiger partial charge < -0.3 is 15.3 Å². The number of amides is 2. The maximum absolute atomic E-state index is 12.3. The van der Waals surface area contributed by atoms with Crippen LogP contribution in [0.25, 0.3) is 0 Å². The van der Waals surface area contributed by atoms with Gasteiger partial charge in [-0.1, -0.05) is 0 Å². The molecule has 0 aromatic rings. The minimum absolute atomic E-state index is 0.238. The summed E-state index contributed by atoms with van der Waals surface area (Å²) < 4.78 is 0. The Morgan fingerprint density at radius 1 is 1.35 bits per heavy atom. The largest absolute Gasteiger partial charge is 0.480 e. The summed E-state index contributed by atoms with van der Waals surface area (Å²) in [5, 5.41) is 11.8. The molecule has 1 saturated carbocycles. The monoisotopic (exact) mass is 240 g/mol. The van der Waals surface area contributed by atoms with Crippen molar-refractivity contribution < 1.29 is 19.5 Å². The van der Waals surface area contributed by atoms with Crippen molar-refractivity contribution in [3.63, 3.8) is 0 Å². The summed E-state index contributed by atoms with van der Waals surface area (Å²) in [6.45, 7) is 4.02. The molecule has 0 spiro atoms. The predicted molar refractivity (Wildman–Crippen MR) is 58.1 cm³/mol. The summed E-state index contributed by atoms with van der Waals surface area (Å²) in [6, 6.07) is 0. The van der Waals surface area contributed by atoms with E-state index in [2.05, 4.69) is 5.32 Å². The van der Waals surface area contributed by atoms with Crippen molar-refractivity contribution in [1.29, 1.82) is 0 Å². The zero-order chi connectivity index (χ0) is 12.8. The Hall–Kier alpha value is -1.59. The first kappa shape index (κ1) is 11.9. The van der Waals surface area contributed by atoms with Crippen LogP contribution in [0.4, 0.5) is 0 Å². The molecule has 1 aliphatic carbocycles. The number of carbonyl (C=O) groups excluding carboxylic acids is 2. The van der Waals surface area contributed by atoms with Gasteiger partial charge in [0.2, 0.25) is 11.8 Å². The van der Waals surface area contributed by atoms with Gasteiger partial charge in [-0.25, -0.2) is 0 Å². The third-order valence-electron chi connectivity index (χ3n) is 3.67. The molecule has 1 aliphatic heterocycles. The quantitative estimate of drug-likeness (QED) is 0.642. The fraction of sp³-hybridized carbons (Fsp3) is 0.727. The third-order valence-corrected chi connectivity index (χ3v) is 3.67. The van der Waals surface area contributed by atoms with Crippen molar-refractivity contribution >= 4 is 17.8 Å². The molecule has 17 heavy (non-hydrogen) atoms. The van der Waals surface area contributed by atoms with Gasteiger partial charge in [0.1, 0.15) is 11.0 Å². The van der Waals surface area contributed by atoms with Gasteiger partial charge >= 0.3 is 5.97 Å². The van der Waals surface area contributed by atoms with Crippen LogP contribution in [0, 0.1) is 5.41 Å². The Labute approximate surface area is 99.0 Å². The molecule has 0 bridgehead atoms. The lowest BCUT2D eigenvalue weighted by atomic mass is 9.95. The first-order valence-electron chi connectivity index (χ1n) is 5.66. The van der Waals surface area contributed by atoms with Gasteiger partial charge in [0.25, 0.3) is 0 Å². The molecule has 6 nitrogen and oxygen atoms in total. The predicted octanol–water partition coefficient (Wildman–Crippen LogP) is -0.412. The van der Waals surface area contributed by atoms with Crippen LogP contribution in [-0.2, 0) is 14.4 Å². The summed E-state index contributed by atoms with van der Waals surface area (Å²) in [7, 11) is 0. The molecule has 6 heteroatoms. The lowest BCUT2D eigenvalue weighted by Gasteiger charge is -2.42. The molecule has 0 aromatic carbocycles. The number of carboxylic acids is 1. The highest BCUT2D eigenvalue weighted by atomic mass is 16.4. The van der Waals surface area contributed by atoms with E-state index >= 15 is 0 Å². The fourth-order valence-corrected chi connectivity index (χ4v) is 2.16. The van der Waals surface area contributed by atoms with Crippen molar-refractivity contribution in [3.8, 4) is 0 Å². The number of nitrogens with one attached hydrogen (secondary N) is 1. The summed E-state index contributed by atoms with van der Waals surface area (Å²) in [5.74, 6) is -1.74. The molecule has 2 aliphatic rings. The van der Waals surface area contributed by atoms with Gasteiger partial charge in [0.05, 0.1) is 0 Å². The fourth-order valence-electron chi connectivity index (χ4n) is 2.16. The Morgan fingerprint density at radius 2 is 1.94 bits per heavy atom. The second-order valence-electron chi connectivity index (χ2n) is 5.16. The van der Waals surface area contributed by atoms with Gasteiger partial charge in [-0.2, -0.15) is 0 Å². The van der Waals surface area contributed by atoms with E-state index < -0.39 is 22.8 Å². The molecule has 1 heterocycles. The first-order chi connectivity index (χ1) is 7.82. The molecular formula is C11H16N2O4. The number of piperazine rings is 1. The van der Waals surface area contributed by atoms with Crippen molar-refractivity contribution in [3.05, 3.63) is 0 Å². The highest BCUT2D eigenvalue weighted by Crippen LogP contribution is 2.48. The van der Waals surface area contributed by atoms with Gasteiger partial charge in [0, 0.05) is 13.1 Å². The zero-order valence-corrected chi connectivity index (χ0v) is 9.95. The van der Waals surface area contributed by atoms with Crippen LogP contribution >= 0.6 is 0 Å². The summed E-state index contributed by atoms with van der Waals surface area (Å²) in [6.07, 6.45) is 0.741. The Kier molecular flexibility index (Phi) is 2.41. The smallest absolute Gasteiger partial charge is 0.319 e. The van der Waals surface area contributed by atoms with E-state index in [4.69, 9.17) is 5.11 Å². The number of hydrogen-bond acceptors (Lipinski definition) is 3. The second-order valence-corrected chi connectivity index (χ2v) is 5.16. The van der Waals surface area contributed by atoms with E-state index in [1.165, 1.54) is 4.90 Å². The lowest BCUT2D eigenvalue weighted by Crippen LogP contribution is -2.65. The first-order valence-corrected chi connectivity index (χ1v) is 5.66. The average molecular weight is 240 g/mol.